The van der Waals surface area contributed by atoms with Crippen LogP contribution in [0.3, 0.4) is 0 Å². The predicted molar refractivity (Wildman–Crippen MR) is 59.9 cm³/mol. The molecule has 0 amide bonds. The van der Waals surface area contributed by atoms with Gasteiger partial charge in [0.15, 0.2) is 0 Å². The zero-order valence-electron chi connectivity index (χ0n) is 9.73. The molecule has 0 bridgehead atoms. The van der Waals surface area contributed by atoms with Crippen LogP contribution in [0.25, 0.3) is 0 Å². The number of aromatic carboxylic acids is 1. The number of nitrogens with zero attached hydrogens (tertiary/aromatic N) is 1. The Kier molecular flexibility index (Phi) is 6.23. The number of carboxylic acids is 1. The number of methoxy groups -OCH3 is 1. The van der Waals surface area contributed by atoms with E-state index in [1.54, 1.807) is 7.11 Å². The Bertz CT molecular complexity index is 340. The first-order valence-electron chi connectivity index (χ1n) is 5.28. The number of hydrogen-bond donors (Lipinski definition) is 3. The average molecular weight is 243 g/mol. The van der Waals surface area contributed by atoms with Crippen molar-refractivity contribution in [3.05, 3.63) is 17.5 Å². The van der Waals surface area contributed by atoms with Gasteiger partial charge in [0.05, 0.1) is 26.0 Å². The molecule has 0 aliphatic rings. The first-order chi connectivity index (χ1) is 8.25. The number of nitrogens with one attached hydrogen (secondary N) is 2. The van der Waals surface area contributed by atoms with E-state index < -0.39 is 5.97 Å². The standard InChI is InChI=1S/C10H17N3O4/c1-16-4-5-17-3-2-11-6-8-7-12-13-9(8)10(14)15/h7,11H,2-6H2,1H3,(H,12,13)(H,14,15). The van der Waals surface area contributed by atoms with Crippen LogP contribution in [0, 0.1) is 0 Å². The van der Waals surface area contributed by atoms with E-state index in [1.165, 1.54) is 6.20 Å². The van der Waals surface area contributed by atoms with Crippen LogP contribution in [0.4, 0.5) is 0 Å². The van der Waals surface area contributed by atoms with Gasteiger partial charge < -0.3 is 19.9 Å². The Labute approximate surface area is 99.1 Å². The second-order valence-corrected chi connectivity index (χ2v) is 3.36. The maximum Gasteiger partial charge on any atom is 0.354 e. The maximum atomic E-state index is 10.8. The van der Waals surface area contributed by atoms with Gasteiger partial charge in [-0.15, -0.1) is 0 Å². The number of rotatable bonds is 9. The summed E-state index contributed by atoms with van der Waals surface area (Å²) in [7, 11) is 1.62. The van der Waals surface area contributed by atoms with Crippen molar-refractivity contribution < 1.29 is 19.4 Å². The molecule has 0 spiro atoms. The highest BCUT2D eigenvalue weighted by molar-refractivity contribution is 5.86. The fraction of sp³-hybridized carbons (Fsp3) is 0.600. The molecule has 1 rings (SSSR count). The van der Waals surface area contributed by atoms with Crippen molar-refractivity contribution in [2.24, 2.45) is 0 Å². The minimum Gasteiger partial charge on any atom is -0.477 e. The highest BCUT2D eigenvalue weighted by Gasteiger charge is 2.11. The SMILES string of the molecule is COCCOCCNCc1cn[nH]c1C(=O)O. The van der Waals surface area contributed by atoms with Gasteiger partial charge in [-0.05, 0) is 0 Å². The third-order valence-corrected chi connectivity index (χ3v) is 2.10. The van der Waals surface area contributed by atoms with Crippen LogP contribution in [0.5, 0.6) is 0 Å². The third kappa shape index (κ3) is 4.94. The quantitative estimate of drug-likeness (QED) is 0.522. The molecule has 0 aliphatic heterocycles. The molecule has 1 heterocycles. The minimum atomic E-state index is -1.00. The lowest BCUT2D eigenvalue weighted by Gasteiger charge is -2.05. The van der Waals surface area contributed by atoms with Crippen molar-refractivity contribution in [2.45, 2.75) is 6.54 Å². The molecular weight excluding hydrogens is 226 g/mol. The zero-order valence-corrected chi connectivity index (χ0v) is 9.73. The fourth-order valence-electron chi connectivity index (χ4n) is 1.24. The molecule has 0 unspecified atom stereocenters. The molecule has 96 valence electrons. The fourth-order valence-corrected chi connectivity index (χ4v) is 1.24. The van der Waals surface area contributed by atoms with Crippen molar-refractivity contribution in [3.8, 4) is 0 Å². The van der Waals surface area contributed by atoms with Crippen molar-refractivity contribution in [3.63, 3.8) is 0 Å². The monoisotopic (exact) mass is 243 g/mol. The molecule has 0 atom stereocenters. The topological polar surface area (TPSA) is 96.5 Å². The zero-order chi connectivity index (χ0) is 12.5. The minimum absolute atomic E-state index is 0.123. The van der Waals surface area contributed by atoms with Crippen molar-refractivity contribution in [1.82, 2.24) is 15.5 Å². The average Bonchev–Trinajstić information content (AvgIpc) is 2.76. The predicted octanol–water partition coefficient (Wildman–Crippen LogP) is -0.139. The van der Waals surface area contributed by atoms with Crippen molar-refractivity contribution in [1.29, 1.82) is 0 Å². The lowest BCUT2D eigenvalue weighted by Crippen LogP contribution is -2.21. The summed E-state index contributed by atoms with van der Waals surface area (Å²) in [6.45, 7) is 2.79. The Morgan fingerprint density at radius 3 is 3.06 bits per heavy atom. The Balaban J connectivity index is 2.14. The molecule has 0 saturated heterocycles. The summed E-state index contributed by atoms with van der Waals surface area (Å²) in [5.74, 6) is -1.00. The Morgan fingerprint density at radius 1 is 1.53 bits per heavy atom. The molecule has 7 heteroatoms. The number of hydrogen-bond acceptors (Lipinski definition) is 5. The second kappa shape index (κ2) is 7.77. The van der Waals surface area contributed by atoms with Crippen LogP contribution in [-0.2, 0) is 16.0 Å². The number of aromatic nitrogens is 2. The summed E-state index contributed by atoms with van der Waals surface area (Å²) < 4.78 is 10.1. The van der Waals surface area contributed by atoms with E-state index in [0.29, 0.717) is 38.5 Å². The summed E-state index contributed by atoms with van der Waals surface area (Å²) in [5.41, 5.74) is 0.757. The van der Waals surface area contributed by atoms with Gasteiger partial charge in [-0.2, -0.15) is 5.10 Å². The molecule has 0 fully saturated rings. The van der Waals surface area contributed by atoms with Crippen LogP contribution in [0.15, 0.2) is 6.20 Å². The summed E-state index contributed by atoms with van der Waals surface area (Å²) >= 11 is 0. The smallest absolute Gasteiger partial charge is 0.354 e. The first-order valence-corrected chi connectivity index (χ1v) is 5.28. The Morgan fingerprint density at radius 2 is 2.35 bits per heavy atom. The van der Waals surface area contributed by atoms with Crippen molar-refractivity contribution >= 4 is 5.97 Å². The molecule has 0 aromatic carbocycles. The van der Waals surface area contributed by atoms with Crippen LogP contribution in [-0.4, -0.2) is 54.7 Å². The van der Waals surface area contributed by atoms with Crippen LogP contribution in [0.1, 0.15) is 16.1 Å². The largest absolute Gasteiger partial charge is 0.477 e. The second-order valence-electron chi connectivity index (χ2n) is 3.36. The number of ether oxygens (including phenoxy) is 2. The number of carboxylic acid groups (broad SMARTS) is 1. The maximum absolute atomic E-state index is 10.8. The van der Waals surface area contributed by atoms with Gasteiger partial charge in [-0.1, -0.05) is 0 Å². The molecule has 0 saturated carbocycles. The highest BCUT2D eigenvalue weighted by Crippen LogP contribution is 2.03. The molecule has 17 heavy (non-hydrogen) atoms. The van der Waals surface area contributed by atoms with Gasteiger partial charge >= 0.3 is 5.97 Å². The lowest BCUT2D eigenvalue weighted by molar-refractivity contribution is 0.0688. The molecule has 1 aromatic heterocycles. The van der Waals surface area contributed by atoms with E-state index >= 15 is 0 Å². The van der Waals surface area contributed by atoms with Gasteiger partial charge in [0.2, 0.25) is 0 Å². The number of carbonyl (C=O) groups is 1. The van der Waals surface area contributed by atoms with Crippen LogP contribution in [0.2, 0.25) is 0 Å². The number of H-pyrrole nitrogens is 1. The molecule has 1 aromatic rings. The van der Waals surface area contributed by atoms with E-state index in [0.717, 1.165) is 0 Å². The molecule has 7 nitrogen and oxygen atoms in total. The van der Waals surface area contributed by atoms with E-state index in [1.807, 2.05) is 0 Å². The van der Waals surface area contributed by atoms with Crippen molar-refractivity contribution in [2.75, 3.05) is 33.5 Å². The van der Waals surface area contributed by atoms with E-state index in [9.17, 15) is 4.79 Å². The van der Waals surface area contributed by atoms with Crippen LogP contribution >= 0.6 is 0 Å². The van der Waals surface area contributed by atoms with E-state index in [2.05, 4.69) is 15.5 Å². The normalized spacial score (nSPS) is 10.6. The molecular formula is C10H17N3O4. The van der Waals surface area contributed by atoms with Gasteiger partial charge in [0.1, 0.15) is 5.69 Å². The highest BCUT2D eigenvalue weighted by atomic mass is 16.5. The van der Waals surface area contributed by atoms with Gasteiger partial charge in [-0.25, -0.2) is 4.79 Å². The lowest BCUT2D eigenvalue weighted by atomic mass is 10.2. The summed E-state index contributed by atoms with van der Waals surface area (Å²) in [6, 6.07) is 0. The molecule has 3 N–H and O–H groups in total. The summed E-state index contributed by atoms with van der Waals surface area (Å²) in [6.07, 6.45) is 1.50. The van der Waals surface area contributed by atoms with Gasteiger partial charge in [0, 0.05) is 25.8 Å². The first kappa shape index (κ1) is 13.6. The van der Waals surface area contributed by atoms with Gasteiger partial charge in [-0.3, -0.25) is 5.10 Å². The number of aromatic amines is 1. The summed E-state index contributed by atoms with van der Waals surface area (Å²) in [4.78, 5) is 10.8. The molecule has 0 aliphatic carbocycles. The van der Waals surface area contributed by atoms with E-state index in [4.69, 9.17) is 14.6 Å². The summed E-state index contributed by atoms with van der Waals surface area (Å²) in [5, 5.41) is 18.0. The van der Waals surface area contributed by atoms with E-state index in [-0.39, 0.29) is 5.69 Å². The molecule has 0 radical (unpaired) electrons. The van der Waals surface area contributed by atoms with Gasteiger partial charge in [0.25, 0.3) is 0 Å². The van der Waals surface area contributed by atoms with Crippen LogP contribution < -0.4 is 5.32 Å². The Hall–Kier alpha value is -1.44. The third-order valence-electron chi connectivity index (χ3n) is 2.10.